The van der Waals surface area contributed by atoms with E-state index in [2.05, 4.69) is 34.6 Å². The van der Waals surface area contributed by atoms with E-state index in [1.807, 2.05) is 25.2 Å². The maximum atomic E-state index is 4.46. The Hall–Kier alpha value is -1.68. The van der Waals surface area contributed by atoms with Crippen molar-refractivity contribution in [2.75, 3.05) is 6.54 Å². The van der Waals surface area contributed by atoms with Gasteiger partial charge in [-0.25, -0.2) is 0 Å². The number of hydrogen-bond donors (Lipinski definition) is 1. The molecule has 0 saturated heterocycles. The summed E-state index contributed by atoms with van der Waals surface area (Å²) in [6.07, 6.45) is 3.75. The van der Waals surface area contributed by atoms with Gasteiger partial charge in [-0.15, -0.1) is 0 Å². The molecule has 0 unspecified atom stereocenters. The third-order valence-electron chi connectivity index (χ3n) is 3.08. The van der Waals surface area contributed by atoms with E-state index in [0.29, 0.717) is 0 Å². The van der Waals surface area contributed by atoms with Gasteiger partial charge >= 0.3 is 0 Å². The molecule has 0 saturated carbocycles. The van der Waals surface area contributed by atoms with Crippen molar-refractivity contribution in [2.24, 2.45) is 7.05 Å². The van der Waals surface area contributed by atoms with E-state index < -0.39 is 0 Å². The van der Waals surface area contributed by atoms with Gasteiger partial charge in [0.15, 0.2) is 0 Å². The molecule has 2 rings (SSSR count). The van der Waals surface area contributed by atoms with Crippen LogP contribution in [0.1, 0.15) is 31.9 Å². The van der Waals surface area contributed by atoms with Crippen LogP contribution in [-0.2, 0) is 13.6 Å². The lowest BCUT2D eigenvalue weighted by Crippen LogP contribution is -2.15. The minimum atomic E-state index is 0.780. The highest BCUT2D eigenvalue weighted by molar-refractivity contribution is 5.60. The quantitative estimate of drug-likeness (QED) is 0.777. The highest BCUT2D eigenvalue weighted by atomic mass is 15.5. The van der Waals surface area contributed by atoms with E-state index in [0.717, 1.165) is 30.0 Å². The fraction of sp³-hybridized carbons (Fsp3) is 0.467. The van der Waals surface area contributed by atoms with Gasteiger partial charge in [-0.3, -0.25) is 0 Å². The van der Waals surface area contributed by atoms with Gasteiger partial charge in [-0.05, 0) is 13.0 Å². The average Bonchev–Trinajstić information content (AvgIpc) is 2.81. The van der Waals surface area contributed by atoms with Gasteiger partial charge in [0.25, 0.3) is 0 Å². The Kier molecular flexibility index (Phi) is 5.10. The first-order chi connectivity index (χ1) is 9.31. The van der Waals surface area contributed by atoms with Crippen LogP contribution in [0.2, 0.25) is 0 Å². The van der Waals surface area contributed by atoms with Gasteiger partial charge in [0, 0.05) is 19.2 Å². The Balaban J connectivity index is 2.01. The van der Waals surface area contributed by atoms with Crippen LogP contribution in [-0.4, -0.2) is 21.5 Å². The summed E-state index contributed by atoms with van der Waals surface area (Å²) >= 11 is 0. The Morgan fingerprint density at radius 1 is 1.11 bits per heavy atom. The molecule has 1 aromatic heterocycles. The maximum absolute atomic E-state index is 4.46. The van der Waals surface area contributed by atoms with Crippen molar-refractivity contribution in [3.63, 3.8) is 0 Å². The molecule has 102 valence electrons. The number of hydrogen-bond acceptors (Lipinski definition) is 3. The van der Waals surface area contributed by atoms with Gasteiger partial charge in [-0.1, -0.05) is 50.1 Å². The monoisotopic (exact) mass is 258 g/mol. The van der Waals surface area contributed by atoms with Crippen LogP contribution >= 0.6 is 0 Å². The topological polar surface area (TPSA) is 42.7 Å². The van der Waals surface area contributed by atoms with E-state index in [4.69, 9.17) is 0 Å². The summed E-state index contributed by atoms with van der Waals surface area (Å²) in [4.78, 5) is 1.64. The number of nitrogens with one attached hydrogen (secondary N) is 1. The lowest BCUT2D eigenvalue weighted by Gasteiger charge is -2.03. The second-order valence-electron chi connectivity index (χ2n) is 4.73. The van der Waals surface area contributed by atoms with Gasteiger partial charge in [0.2, 0.25) is 0 Å². The average molecular weight is 258 g/mol. The molecule has 19 heavy (non-hydrogen) atoms. The molecule has 0 fully saturated rings. The van der Waals surface area contributed by atoms with Gasteiger partial charge in [0.05, 0.1) is 0 Å². The van der Waals surface area contributed by atoms with Gasteiger partial charge in [-0.2, -0.15) is 15.0 Å². The molecule has 0 aliphatic rings. The van der Waals surface area contributed by atoms with Crippen LogP contribution in [0.5, 0.6) is 0 Å². The smallest absolute Gasteiger partial charge is 0.117 e. The van der Waals surface area contributed by atoms with Gasteiger partial charge in [0.1, 0.15) is 11.4 Å². The molecule has 0 bridgehead atoms. The Bertz CT molecular complexity index is 490. The summed E-state index contributed by atoms with van der Waals surface area (Å²) in [5.74, 6) is 0. The molecular weight excluding hydrogens is 236 g/mol. The summed E-state index contributed by atoms with van der Waals surface area (Å²) in [6.45, 7) is 4.04. The lowest BCUT2D eigenvalue weighted by molar-refractivity contribution is 0.596. The SMILES string of the molecule is CCCCCNCc1nn(C)nc1-c1ccccc1. The number of aromatic nitrogens is 3. The first kappa shape index (κ1) is 13.7. The van der Waals surface area contributed by atoms with Crippen molar-refractivity contribution in [3.8, 4) is 11.3 Å². The minimum absolute atomic E-state index is 0.780. The van der Waals surface area contributed by atoms with E-state index in [-0.39, 0.29) is 0 Å². The molecule has 0 radical (unpaired) electrons. The number of rotatable bonds is 7. The zero-order chi connectivity index (χ0) is 13.5. The number of aryl methyl sites for hydroxylation is 1. The Labute approximate surface area is 114 Å². The van der Waals surface area contributed by atoms with Crippen molar-refractivity contribution < 1.29 is 0 Å². The lowest BCUT2D eigenvalue weighted by atomic mass is 10.1. The number of unbranched alkanes of at least 4 members (excludes halogenated alkanes) is 2. The molecule has 1 heterocycles. The summed E-state index contributed by atoms with van der Waals surface area (Å²) in [7, 11) is 1.87. The van der Waals surface area contributed by atoms with Crippen LogP contribution in [0.3, 0.4) is 0 Å². The molecule has 0 aliphatic carbocycles. The Morgan fingerprint density at radius 2 is 1.89 bits per heavy atom. The normalized spacial score (nSPS) is 10.8. The zero-order valence-electron chi connectivity index (χ0n) is 11.8. The fourth-order valence-electron chi connectivity index (χ4n) is 2.09. The van der Waals surface area contributed by atoms with Crippen molar-refractivity contribution >= 4 is 0 Å². The highest BCUT2D eigenvalue weighted by Gasteiger charge is 2.10. The van der Waals surface area contributed by atoms with E-state index in [1.165, 1.54) is 19.3 Å². The second kappa shape index (κ2) is 7.04. The highest BCUT2D eigenvalue weighted by Crippen LogP contribution is 2.19. The molecule has 0 spiro atoms. The van der Waals surface area contributed by atoms with Gasteiger partial charge < -0.3 is 5.32 Å². The Morgan fingerprint density at radius 3 is 2.63 bits per heavy atom. The van der Waals surface area contributed by atoms with E-state index in [1.54, 1.807) is 4.80 Å². The van der Waals surface area contributed by atoms with Crippen LogP contribution < -0.4 is 5.32 Å². The molecule has 4 heteroatoms. The predicted octanol–water partition coefficient (Wildman–Crippen LogP) is 2.76. The van der Waals surface area contributed by atoms with Crippen molar-refractivity contribution in [2.45, 2.75) is 32.7 Å². The first-order valence-electron chi connectivity index (χ1n) is 6.97. The summed E-state index contributed by atoms with van der Waals surface area (Å²) in [5, 5.41) is 12.4. The van der Waals surface area contributed by atoms with Crippen LogP contribution in [0.25, 0.3) is 11.3 Å². The molecule has 0 amide bonds. The van der Waals surface area contributed by atoms with Crippen LogP contribution in [0.15, 0.2) is 30.3 Å². The zero-order valence-corrected chi connectivity index (χ0v) is 11.8. The number of nitrogens with zero attached hydrogens (tertiary/aromatic N) is 3. The second-order valence-corrected chi connectivity index (χ2v) is 4.73. The summed E-state index contributed by atoms with van der Waals surface area (Å²) in [6, 6.07) is 10.2. The van der Waals surface area contributed by atoms with E-state index in [9.17, 15) is 0 Å². The fourth-order valence-corrected chi connectivity index (χ4v) is 2.09. The molecule has 0 aliphatic heterocycles. The largest absolute Gasteiger partial charge is 0.311 e. The summed E-state index contributed by atoms with van der Waals surface area (Å²) in [5.41, 5.74) is 3.12. The third-order valence-corrected chi connectivity index (χ3v) is 3.08. The first-order valence-corrected chi connectivity index (χ1v) is 6.97. The molecule has 4 nitrogen and oxygen atoms in total. The van der Waals surface area contributed by atoms with E-state index >= 15 is 0 Å². The van der Waals surface area contributed by atoms with Crippen LogP contribution in [0, 0.1) is 0 Å². The minimum Gasteiger partial charge on any atom is -0.311 e. The third kappa shape index (κ3) is 3.89. The standard InChI is InChI=1S/C15H22N4/c1-3-4-8-11-16-12-14-15(18-19(2)17-14)13-9-6-5-7-10-13/h5-7,9-10,16H,3-4,8,11-12H2,1-2H3. The molecule has 1 aromatic carbocycles. The molecular formula is C15H22N4. The predicted molar refractivity (Wildman–Crippen MR) is 77.7 cm³/mol. The molecule has 2 aromatic rings. The van der Waals surface area contributed by atoms with Crippen molar-refractivity contribution in [3.05, 3.63) is 36.0 Å². The van der Waals surface area contributed by atoms with Crippen molar-refractivity contribution in [1.29, 1.82) is 0 Å². The van der Waals surface area contributed by atoms with Crippen LogP contribution in [0.4, 0.5) is 0 Å². The molecule has 0 atom stereocenters. The maximum Gasteiger partial charge on any atom is 0.117 e. The molecule has 1 N–H and O–H groups in total. The van der Waals surface area contributed by atoms with Crippen molar-refractivity contribution in [1.82, 2.24) is 20.3 Å². The number of benzene rings is 1. The summed E-state index contributed by atoms with van der Waals surface area (Å²) < 4.78 is 0.